The minimum absolute atomic E-state index is 0.103. The first-order chi connectivity index (χ1) is 8.42. The van der Waals surface area contributed by atoms with Crippen LogP contribution in [0, 0.1) is 6.92 Å². The molecule has 4 nitrogen and oxygen atoms in total. The highest BCUT2D eigenvalue weighted by Gasteiger charge is 2.10. The molecule has 98 valence electrons. The van der Waals surface area contributed by atoms with E-state index < -0.39 is 0 Å². The molecule has 2 rings (SSSR count). The summed E-state index contributed by atoms with van der Waals surface area (Å²) in [4.78, 5) is 0. The fourth-order valence-electron chi connectivity index (χ4n) is 1.67. The summed E-state index contributed by atoms with van der Waals surface area (Å²) < 4.78 is 7.65. The van der Waals surface area contributed by atoms with Crippen molar-refractivity contribution in [1.29, 1.82) is 0 Å². The molecule has 0 aliphatic heterocycles. The third-order valence-electron chi connectivity index (χ3n) is 2.59. The van der Waals surface area contributed by atoms with Crippen LogP contribution in [0.25, 0.3) is 0 Å². The van der Waals surface area contributed by atoms with Crippen LogP contribution >= 0.6 is 0 Å². The maximum absolute atomic E-state index is 5.77. The lowest BCUT2D eigenvalue weighted by atomic mass is 10.1. The third-order valence-corrected chi connectivity index (χ3v) is 2.59. The molecule has 0 saturated heterocycles. The Balaban J connectivity index is 1.94. The van der Waals surface area contributed by atoms with Gasteiger partial charge in [0.2, 0.25) is 0 Å². The van der Waals surface area contributed by atoms with Gasteiger partial charge in [0.1, 0.15) is 11.5 Å². The lowest BCUT2D eigenvalue weighted by Gasteiger charge is -2.19. The topological polar surface area (TPSA) is 43.0 Å². The van der Waals surface area contributed by atoms with Crippen LogP contribution in [0.1, 0.15) is 37.9 Å². The maximum atomic E-state index is 5.77. The largest absolute Gasteiger partial charge is 0.463 e. The van der Waals surface area contributed by atoms with Crippen molar-refractivity contribution in [3.8, 4) is 0 Å². The molecule has 1 N–H and O–H groups in total. The van der Waals surface area contributed by atoms with Crippen LogP contribution in [0.3, 0.4) is 0 Å². The SMILES string of the molecule is Cc1cnn(Cc2ccc(CNC(C)(C)C)o2)c1. The second-order valence-electron chi connectivity index (χ2n) is 5.69. The van der Waals surface area contributed by atoms with Gasteiger partial charge in [-0.05, 0) is 45.4 Å². The van der Waals surface area contributed by atoms with E-state index in [1.54, 1.807) is 0 Å². The van der Waals surface area contributed by atoms with Crippen LogP contribution in [0.4, 0.5) is 0 Å². The highest BCUT2D eigenvalue weighted by molar-refractivity contribution is 5.09. The summed E-state index contributed by atoms with van der Waals surface area (Å²) >= 11 is 0. The zero-order valence-corrected chi connectivity index (χ0v) is 11.5. The molecular weight excluding hydrogens is 226 g/mol. The quantitative estimate of drug-likeness (QED) is 0.903. The van der Waals surface area contributed by atoms with Gasteiger partial charge in [0.15, 0.2) is 0 Å². The summed E-state index contributed by atoms with van der Waals surface area (Å²) in [7, 11) is 0. The molecule has 0 aliphatic carbocycles. The summed E-state index contributed by atoms with van der Waals surface area (Å²) in [6, 6.07) is 4.03. The molecule has 2 heterocycles. The van der Waals surface area contributed by atoms with Gasteiger partial charge in [-0.1, -0.05) is 0 Å². The zero-order chi connectivity index (χ0) is 13.2. The van der Waals surface area contributed by atoms with Gasteiger partial charge in [0, 0.05) is 11.7 Å². The lowest BCUT2D eigenvalue weighted by Crippen LogP contribution is -2.34. The number of aryl methyl sites for hydroxylation is 1. The van der Waals surface area contributed by atoms with E-state index in [4.69, 9.17) is 4.42 Å². The number of hydrogen-bond acceptors (Lipinski definition) is 3. The van der Waals surface area contributed by atoms with Gasteiger partial charge >= 0.3 is 0 Å². The number of rotatable bonds is 4. The molecule has 18 heavy (non-hydrogen) atoms. The van der Waals surface area contributed by atoms with Crippen LogP contribution in [0.15, 0.2) is 28.9 Å². The van der Waals surface area contributed by atoms with Gasteiger partial charge in [-0.3, -0.25) is 4.68 Å². The van der Waals surface area contributed by atoms with E-state index in [1.807, 2.05) is 36.1 Å². The molecule has 2 aromatic rings. The minimum Gasteiger partial charge on any atom is -0.463 e. The maximum Gasteiger partial charge on any atom is 0.125 e. The molecule has 0 fully saturated rings. The summed E-state index contributed by atoms with van der Waals surface area (Å²) in [5.41, 5.74) is 1.27. The van der Waals surface area contributed by atoms with Crippen molar-refractivity contribution in [3.05, 3.63) is 41.6 Å². The highest BCUT2D eigenvalue weighted by Crippen LogP contribution is 2.11. The van der Waals surface area contributed by atoms with Gasteiger partial charge in [-0.25, -0.2) is 0 Å². The van der Waals surface area contributed by atoms with Crippen molar-refractivity contribution in [2.45, 2.75) is 46.3 Å². The summed E-state index contributed by atoms with van der Waals surface area (Å²) in [5.74, 6) is 1.90. The van der Waals surface area contributed by atoms with Crippen molar-refractivity contribution < 1.29 is 4.42 Å². The second-order valence-corrected chi connectivity index (χ2v) is 5.69. The fraction of sp³-hybridized carbons (Fsp3) is 0.500. The molecule has 0 aliphatic rings. The molecule has 0 saturated carbocycles. The monoisotopic (exact) mass is 247 g/mol. The Bertz CT molecular complexity index is 505. The lowest BCUT2D eigenvalue weighted by molar-refractivity contribution is 0.374. The Labute approximate surface area is 108 Å². The average molecular weight is 247 g/mol. The van der Waals surface area contributed by atoms with Gasteiger partial charge in [-0.15, -0.1) is 0 Å². The molecule has 0 bridgehead atoms. The van der Waals surface area contributed by atoms with E-state index in [-0.39, 0.29) is 5.54 Å². The molecular formula is C14H21N3O. The van der Waals surface area contributed by atoms with Gasteiger partial charge in [0.25, 0.3) is 0 Å². The van der Waals surface area contributed by atoms with Crippen LogP contribution in [-0.4, -0.2) is 15.3 Å². The first-order valence-electron chi connectivity index (χ1n) is 6.24. The van der Waals surface area contributed by atoms with Gasteiger partial charge in [-0.2, -0.15) is 5.10 Å². The van der Waals surface area contributed by atoms with Crippen molar-refractivity contribution >= 4 is 0 Å². The van der Waals surface area contributed by atoms with E-state index in [0.717, 1.165) is 23.6 Å². The van der Waals surface area contributed by atoms with Crippen LogP contribution in [0.2, 0.25) is 0 Å². The number of furan rings is 1. The Morgan fingerprint density at radius 2 is 2.00 bits per heavy atom. The molecule has 0 unspecified atom stereocenters. The Hall–Kier alpha value is -1.55. The average Bonchev–Trinajstić information content (AvgIpc) is 2.85. The minimum atomic E-state index is 0.103. The third kappa shape index (κ3) is 3.74. The van der Waals surface area contributed by atoms with E-state index in [9.17, 15) is 0 Å². The van der Waals surface area contributed by atoms with Crippen molar-refractivity contribution in [1.82, 2.24) is 15.1 Å². The van der Waals surface area contributed by atoms with Crippen molar-refractivity contribution in [2.24, 2.45) is 0 Å². The predicted octanol–water partition coefficient (Wildman–Crippen LogP) is 2.72. The fourth-order valence-corrected chi connectivity index (χ4v) is 1.67. The molecule has 2 aromatic heterocycles. The smallest absolute Gasteiger partial charge is 0.125 e. The van der Waals surface area contributed by atoms with E-state index in [1.165, 1.54) is 0 Å². The van der Waals surface area contributed by atoms with Crippen LogP contribution in [0.5, 0.6) is 0 Å². The van der Waals surface area contributed by atoms with Crippen LogP contribution < -0.4 is 5.32 Å². The van der Waals surface area contributed by atoms with Crippen molar-refractivity contribution in [2.75, 3.05) is 0 Å². The molecule has 0 spiro atoms. The summed E-state index contributed by atoms with van der Waals surface area (Å²) in [6.45, 7) is 9.89. The Kier molecular flexibility index (Phi) is 3.57. The van der Waals surface area contributed by atoms with Gasteiger partial charge in [0.05, 0.1) is 19.3 Å². The first kappa shape index (κ1) is 12.9. The van der Waals surface area contributed by atoms with E-state index in [2.05, 4.69) is 31.2 Å². The highest BCUT2D eigenvalue weighted by atomic mass is 16.3. The van der Waals surface area contributed by atoms with E-state index >= 15 is 0 Å². The molecule has 4 heteroatoms. The standard InChI is InChI=1S/C14H21N3O/c1-11-7-16-17(9-11)10-13-6-5-12(18-13)8-15-14(2,3)4/h5-7,9,15H,8,10H2,1-4H3. The number of aromatic nitrogens is 2. The Morgan fingerprint density at radius 3 is 2.61 bits per heavy atom. The predicted molar refractivity (Wildman–Crippen MR) is 71.4 cm³/mol. The Morgan fingerprint density at radius 1 is 1.28 bits per heavy atom. The number of nitrogens with one attached hydrogen (secondary N) is 1. The molecule has 0 atom stereocenters. The number of nitrogens with zero attached hydrogens (tertiary/aromatic N) is 2. The summed E-state index contributed by atoms with van der Waals surface area (Å²) in [5, 5.41) is 7.65. The van der Waals surface area contributed by atoms with Crippen LogP contribution in [-0.2, 0) is 13.1 Å². The zero-order valence-electron chi connectivity index (χ0n) is 11.5. The first-order valence-corrected chi connectivity index (χ1v) is 6.24. The van der Waals surface area contributed by atoms with E-state index in [0.29, 0.717) is 6.54 Å². The normalized spacial score (nSPS) is 12.0. The van der Waals surface area contributed by atoms with Crippen molar-refractivity contribution in [3.63, 3.8) is 0 Å². The second kappa shape index (κ2) is 4.98. The molecule has 0 amide bonds. The molecule has 0 radical (unpaired) electrons. The molecule has 0 aromatic carbocycles. The number of hydrogen-bond donors (Lipinski definition) is 1. The van der Waals surface area contributed by atoms with Gasteiger partial charge < -0.3 is 9.73 Å². The summed E-state index contributed by atoms with van der Waals surface area (Å²) in [6.07, 6.45) is 3.86.